The summed E-state index contributed by atoms with van der Waals surface area (Å²) in [6.07, 6.45) is 1.31. The van der Waals surface area contributed by atoms with Gasteiger partial charge in [0.1, 0.15) is 0 Å². The fraction of sp³-hybridized carbons (Fsp3) is 1.00. The molecule has 2 aliphatic rings. The van der Waals surface area contributed by atoms with Crippen LogP contribution in [-0.4, -0.2) is 46.3 Å². The molecule has 0 spiro atoms. The number of nitrogens with one attached hydrogen (secondary N) is 2. The average molecular weight is 431 g/mol. The molecule has 2 N–H and O–H groups in total. The number of rotatable bonds is 9. The van der Waals surface area contributed by atoms with Gasteiger partial charge in [0.05, 0.1) is 11.5 Å². The second-order valence-electron chi connectivity index (χ2n) is 9.58. The van der Waals surface area contributed by atoms with Gasteiger partial charge in [0, 0.05) is 24.9 Å². The quantitative estimate of drug-likeness (QED) is 0.588. The van der Waals surface area contributed by atoms with E-state index >= 15 is 0 Å². The number of hydrogen-bond donors (Lipinski definition) is 2. The van der Waals surface area contributed by atoms with Gasteiger partial charge in [0.25, 0.3) is 5.92 Å². The smallest absolute Gasteiger partial charge is 0.212 e. The summed E-state index contributed by atoms with van der Waals surface area (Å²) in [6.45, 7) is 7.39. The molecule has 3 atom stereocenters. The van der Waals surface area contributed by atoms with Crippen LogP contribution in [0.15, 0.2) is 0 Å². The van der Waals surface area contributed by atoms with Crippen molar-refractivity contribution >= 4 is 20.0 Å². The van der Waals surface area contributed by atoms with E-state index in [4.69, 9.17) is 0 Å². The molecule has 0 amide bonds. The van der Waals surface area contributed by atoms with Gasteiger partial charge < -0.3 is 0 Å². The highest BCUT2D eigenvalue weighted by atomic mass is 32.2. The first kappa shape index (κ1) is 23.0. The highest BCUT2D eigenvalue weighted by Crippen LogP contribution is 2.38. The van der Waals surface area contributed by atoms with Gasteiger partial charge in [-0.15, -0.1) is 0 Å². The number of hydrogen-bond acceptors (Lipinski definition) is 4. The molecule has 0 heterocycles. The van der Waals surface area contributed by atoms with Gasteiger partial charge in [-0.3, -0.25) is 0 Å². The Hall–Kier alpha value is -0.320. The van der Waals surface area contributed by atoms with Crippen molar-refractivity contribution in [2.75, 3.05) is 11.5 Å². The number of sulfonamides is 2. The van der Waals surface area contributed by atoms with Crippen LogP contribution >= 0.6 is 0 Å². The Kier molecular flexibility index (Phi) is 6.66. The third-order valence-electron chi connectivity index (χ3n) is 5.02. The summed E-state index contributed by atoms with van der Waals surface area (Å²) in [4.78, 5) is 0. The van der Waals surface area contributed by atoms with Crippen LogP contribution in [0, 0.1) is 17.3 Å². The van der Waals surface area contributed by atoms with Gasteiger partial charge in [-0.1, -0.05) is 27.7 Å². The van der Waals surface area contributed by atoms with Crippen LogP contribution in [0.5, 0.6) is 0 Å². The van der Waals surface area contributed by atoms with Crippen LogP contribution < -0.4 is 9.44 Å². The monoisotopic (exact) mass is 430 g/mol. The molecule has 2 saturated carbocycles. The maximum Gasteiger partial charge on any atom is 0.251 e. The van der Waals surface area contributed by atoms with Gasteiger partial charge >= 0.3 is 0 Å². The van der Waals surface area contributed by atoms with Crippen LogP contribution in [-0.2, 0) is 20.0 Å². The molecule has 3 unspecified atom stereocenters. The molecule has 2 fully saturated rings. The summed E-state index contributed by atoms with van der Waals surface area (Å²) in [5.74, 6) is -2.92. The summed E-state index contributed by atoms with van der Waals surface area (Å²) in [5.41, 5.74) is -0.337. The predicted molar refractivity (Wildman–Crippen MR) is 102 cm³/mol. The molecule has 10 heteroatoms. The summed E-state index contributed by atoms with van der Waals surface area (Å²) in [6, 6.07) is -0.835. The molecule has 0 aromatic carbocycles. The van der Waals surface area contributed by atoms with E-state index in [1.807, 2.05) is 20.8 Å². The molecule has 0 aromatic heterocycles. The van der Waals surface area contributed by atoms with Crippen LogP contribution in [0.3, 0.4) is 0 Å². The Morgan fingerprint density at radius 1 is 1.04 bits per heavy atom. The van der Waals surface area contributed by atoms with Crippen molar-refractivity contribution in [3.8, 4) is 0 Å². The zero-order valence-electron chi connectivity index (χ0n) is 16.5. The molecule has 0 aromatic rings. The molecule has 2 rings (SSSR count). The zero-order chi connectivity index (χ0) is 20.7. The SMILES string of the molecule is CC(CC1CCC1NS(=O)(=O)CC(C)(C)C)CS(=O)(=O)NC1CC(F)(F)C1. The molecule has 27 heavy (non-hydrogen) atoms. The fourth-order valence-electron chi connectivity index (χ4n) is 3.85. The minimum Gasteiger partial charge on any atom is -0.212 e. The first-order valence-corrected chi connectivity index (χ1v) is 12.7. The van der Waals surface area contributed by atoms with Crippen molar-refractivity contribution in [2.45, 2.75) is 77.8 Å². The van der Waals surface area contributed by atoms with E-state index in [1.165, 1.54) is 0 Å². The topological polar surface area (TPSA) is 92.3 Å². The maximum absolute atomic E-state index is 12.8. The minimum atomic E-state index is -3.62. The van der Waals surface area contributed by atoms with Crippen LogP contribution in [0.2, 0.25) is 0 Å². The molecule has 2 aliphatic carbocycles. The van der Waals surface area contributed by atoms with Gasteiger partial charge in [-0.05, 0) is 36.5 Å². The normalized spacial score (nSPS) is 27.6. The lowest BCUT2D eigenvalue weighted by atomic mass is 9.75. The number of halogens is 2. The van der Waals surface area contributed by atoms with Gasteiger partial charge in [-0.2, -0.15) is 0 Å². The highest BCUT2D eigenvalue weighted by Gasteiger charge is 2.46. The van der Waals surface area contributed by atoms with E-state index in [-0.39, 0.29) is 34.8 Å². The molecule has 0 saturated heterocycles. The molecule has 0 radical (unpaired) electrons. The Balaban J connectivity index is 1.79. The summed E-state index contributed by atoms with van der Waals surface area (Å²) in [7, 11) is -7.00. The average Bonchev–Trinajstić information content (AvgIpc) is 2.35. The van der Waals surface area contributed by atoms with E-state index in [9.17, 15) is 25.6 Å². The predicted octanol–water partition coefficient (Wildman–Crippen LogP) is 2.47. The van der Waals surface area contributed by atoms with Crippen molar-refractivity contribution in [3.05, 3.63) is 0 Å². The van der Waals surface area contributed by atoms with Crippen molar-refractivity contribution in [1.82, 2.24) is 9.44 Å². The van der Waals surface area contributed by atoms with E-state index in [2.05, 4.69) is 9.44 Å². The largest absolute Gasteiger partial charge is 0.251 e. The molecule has 6 nitrogen and oxygen atoms in total. The van der Waals surface area contributed by atoms with Crippen molar-refractivity contribution < 1.29 is 25.6 Å². The third-order valence-corrected chi connectivity index (χ3v) is 8.63. The van der Waals surface area contributed by atoms with E-state index in [0.29, 0.717) is 6.42 Å². The Bertz CT molecular complexity index is 725. The Morgan fingerprint density at radius 2 is 1.63 bits per heavy atom. The lowest BCUT2D eigenvalue weighted by molar-refractivity contribution is -0.0876. The van der Waals surface area contributed by atoms with Crippen LogP contribution in [0.25, 0.3) is 0 Å². The Morgan fingerprint density at radius 3 is 2.07 bits per heavy atom. The Labute approximate surface area is 162 Å². The lowest BCUT2D eigenvalue weighted by Crippen LogP contribution is -2.51. The van der Waals surface area contributed by atoms with Crippen LogP contribution in [0.1, 0.15) is 59.8 Å². The van der Waals surface area contributed by atoms with Gasteiger partial charge in [-0.25, -0.2) is 35.1 Å². The molecule has 0 aliphatic heterocycles. The van der Waals surface area contributed by atoms with Crippen molar-refractivity contribution in [3.63, 3.8) is 0 Å². The summed E-state index contributed by atoms with van der Waals surface area (Å²) < 4.78 is 79.6. The first-order valence-electron chi connectivity index (χ1n) is 9.44. The van der Waals surface area contributed by atoms with Crippen molar-refractivity contribution in [2.24, 2.45) is 17.3 Å². The van der Waals surface area contributed by atoms with Gasteiger partial charge in [0.15, 0.2) is 0 Å². The number of alkyl halides is 2. The highest BCUT2D eigenvalue weighted by molar-refractivity contribution is 7.89. The second-order valence-corrected chi connectivity index (χ2v) is 13.1. The van der Waals surface area contributed by atoms with E-state index in [0.717, 1.165) is 12.8 Å². The first-order chi connectivity index (χ1) is 12.1. The molecule has 160 valence electrons. The van der Waals surface area contributed by atoms with Crippen molar-refractivity contribution in [1.29, 1.82) is 0 Å². The van der Waals surface area contributed by atoms with E-state index in [1.54, 1.807) is 6.92 Å². The zero-order valence-corrected chi connectivity index (χ0v) is 18.1. The molecular weight excluding hydrogens is 398 g/mol. The third kappa shape index (κ3) is 7.55. The second kappa shape index (κ2) is 7.84. The maximum atomic E-state index is 12.8. The van der Waals surface area contributed by atoms with Crippen LogP contribution in [0.4, 0.5) is 8.78 Å². The standard InChI is InChI=1S/C17H32F2N2O4S2/c1-12(10-26(22,23)20-14-8-17(18,19)9-14)7-13-5-6-15(13)21-27(24,25)11-16(2,3)4/h12-15,20-21H,5-11H2,1-4H3. The summed E-state index contributed by atoms with van der Waals surface area (Å²) >= 11 is 0. The fourth-order valence-corrected chi connectivity index (χ4v) is 7.51. The lowest BCUT2D eigenvalue weighted by Gasteiger charge is -2.39. The minimum absolute atomic E-state index is 0.0447. The summed E-state index contributed by atoms with van der Waals surface area (Å²) in [5, 5.41) is 0. The molecule has 0 bridgehead atoms. The molecular formula is C17H32F2N2O4S2. The van der Waals surface area contributed by atoms with Gasteiger partial charge in [0.2, 0.25) is 20.0 Å². The van der Waals surface area contributed by atoms with E-state index < -0.39 is 44.9 Å².